The summed E-state index contributed by atoms with van der Waals surface area (Å²) in [5.41, 5.74) is -0.522. The highest BCUT2D eigenvalue weighted by atomic mass is 35.5. The molecule has 1 fully saturated rings. The molecular formula is C23H24ClF3N2O5S. The van der Waals surface area contributed by atoms with E-state index in [0.29, 0.717) is 24.7 Å². The number of aryl methyl sites for hydroxylation is 1. The van der Waals surface area contributed by atoms with Crippen LogP contribution in [-0.2, 0) is 36.9 Å². The van der Waals surface area contributed by atoms with E-state index < -0.39 is 40.2 Å². The van der Waals surface area contributed by atoms with Crippen LogP contribution in [0.3, 0.4) is 0 Å². The first-order chi connectivity index (χ1) is 16.5. The molecule has 0 atom stereocenters. The van der Waals surface area contributed by atoms with Crippen LogP contribution in [0.2, 0.25) is 5.02 Å². The predicted molar refractivity (Wildman–Crippen MR) is 123 cm³/mol. The molecule has 0 radical (unpaired) electrons. The molecule has 7 nitrogen and oxygen atoms in total. The molecule has 12 heteroatoms. The summed E-state index contributed by atoms with van der Waals surface area (Å²) >= 11 is 5.82. The van der Waals surface area contributed by atoms with Crippen LogP contribution in [0.4, 0.5) is 18.9 Å². The monoisotopic (exact) mass is 532 g/mol. The Morgan fingerprint density at radius 1 is 1.03 bits per heavy atom. The predicted octanol–water partition coefficient (Wildman–Crippen LogP) is 4.65. The minimum Gasteiger partial charge on any atom is -0.456 e. The van der Waals surface area contributed by atoms with E-state index >= 15 is 0 Å². The van der Waals surface area contributed by atoms with Crippen LogP contribution in [-0.4, -0.2) is 44.3 Å². The number of anilines is 1. The van der Waals surface area contributed by atoms with Crippen molar-refractivity contribution in [2.24, 2.45) is 0 Å². The minimum absolute atomic E-state index is 0.0736. The molecule has 1 aliphatic heterocycles. The van der Waals surface area contributed by atoms with Gasteiger partial charge >= 0.3 is 12.1 Å². The molecule has 2 aromatic carbocycles. The number of amides is 1. The third-order valence-corrected chi connectivity index (χ3v) is 7.67. The second-order valence-corrected chi connectivity index (χ2v) is 10.4. The Balaban J connectivity index is 1.47. The van der Waals surface area contributed by atoms with Gasteiger partial charge in [0.1, 0.15) is 0 Å². The molecular weight excluding hydrogens is 509 g/mol. The Labute approximate surface area is 206 Å². The van der Waals surface area contributed by atoms with Crippen LogP contribution in [0.5, 0.6) is 0 Å². The lowest BCUT2D eigenvalue weighted by Gasteiger charge is -2.25. The van der Waals surface area contributed by atoms with Gasteiger partial charge in [0.25, 0.3) is 5.91 Å². The summed E-state index contributed by atoms with van der Waals surface area (Å²) in [5, 5.41) is 2.10. The Kier molecular flexibility index (Phi) is 8.79. The van der Waals surface area contributed by atoms with Crippen molar-refractivity contribution in [2.75, 3.05) is 25.0 Å². The summed E-state index contributed by atoms with van der Waals surface area (Å²) in [4.78, 5) is 24.1. The molecule has 190 valence electrons. The van der Waals surface area contributed by atoms with E-state index in [9.17, 15) is 31.2 Å². The highest BCUT2D eigenvalue weighted by Gasteiger charge is 2.31. The van der Waals surface area contributed by atoms with Crippen molar-refractivity contribution in [3.63, 3.8) is 0 Å². The first-order valence-electron chi connectivity index (χ1n) is 10.9. The molecule has 2 aromatic rings. The average molecular weight is 533 g/mol. The summed E-state index contributed by atoms with van der Waals surface area (Å²) < 4.78 is 70.2. The number of carbonyl (C=O) groups excluding carboxylic acids is 2. The number of hydrogen-bond donors (Lipinski definition) is 1. The van der Waals surface area contributed by atoms with Gasteiger partial charge in [-0.15, -0.1) is 0 Å². The van der Waals surface area contributed by atoms with Crippen LogP contribution >= 0.6 is 11.6 Å². The molecule has 35 heavy (non-hydrogen) atoms. The highest BCUT2D eigenvalue weighted by molar-refractivity contribution is 7.89. The summed E-state index contributed by atoms with van der Waals surface area (Å²) in [6.45, 7) is 0.311. The number of hydrogen-bond acceptors (Lipinski definition) is 5. The molecule has 0 saturated carbocycles. The maximum Gasteiger partial charge on any atom is 0.416 e. The van der Waals surface area contributed by atoms with Crippen LogP contribution < -0.4 is 5.32 Å². The summed E-state index contributed by atoms with van der Waals surface area (Å²) in [7, 11) is -3.54. The second kappa shape index (κ2) is 11.4. The van der Waals surface area contributed by atoms with E-state index in [1.807, 2.05) is 0 Å². The Bertz CT molecular complexity index is 1160. The van der Waals surface area contributed by atoms with E-state index in [4.69, 9.17) is 16.3 Å². The number of benzene rings is 2. The minimum atomic E-state index is -4.60. The lowest BCUT2D eigenvalue weighted by molar-refractivity contribution is -0.147. The third kappa shape index (κ3) is 7.42. The van der Waals surface area contributed by atoms with Crippen molar-refractivity contribution in [2.45, 2.75) is 43.2 Å². The van der Waals surface area contributed by atoms with E-state index in [1.54, 1.807) is 12.1 Å². The second-order valence-electron chi connectivity index (χ2n) is 8.01. The van der Waals surface area contributed by atoms with Gasteiger partial charge in [-0.25, -0.2) is 8.42 Å². The Hall–Kier alpha value is -2.63. The first-order valence-corrected chi connectivity index (χ1v) is 12.7. The number of sulfonamides is 1. The van der Waals surface area contributed by atoms with Crippen molar-refractivity contribution < 1.29 is 35.9 Å². The smallest absolute Gasteiger partial charge is 0.416 e. The van der Waals surface area contributed by atoms with Crippen LogP contribution in [0.1, 0.15) is 36.8 Å². The normalized spacial score (nSPS) is 15.0. The molecule has 1 N–H and O–H groups in total. The van der Waals surface area contributed by atoms with E-state index in [1.165, 1.54) is 16.4 Å². The van der Waals surface area contributed by atoms with Gasteiger partial charge in [0.05, 0.1) is 21.2 Å². The molecule has 0 aromatic heterocycles. The van der Waals surface area contributed by atoms with Gasteiger partial charge < -0.3 is 10.1 Å². The fourth-order valence-corrected chi connectivity index (χ4v) is 5.21. The summed E-state index contributed by atoms with van der Waals surface area (Å²) in [6, 6.07) is 8.71. The van der Waals surface area contributed by atoms with Gasteiger partial charge in [0, 0.05) is 19.5 Å². The fraction of sp³-hybridized carbons (Fsp3) is 0.391. The van der Waals surface area contributed by atoms with Gasteiger partial charge in [0.15, 0.2) is 6.61 Å². The largest absolute Gasteiger partial charge is 0.456 e. The number of carbonyl (C=O) groups is 2. The van der Waals surface area contributed by atoms with Crippen molar-refractivity contribution in [1.29, 1.82) is 0 Å². The molecule has 0 aliphatic carbocycles. The highest BCUT2D eigenvalue weighted by Crippen LogP contribution is 2.33. The van der Waals surface area contributed by atoms with Crippen LogP contribution in [0.25, 0.3) is 0 Å². The lowest BCUT2D eigenvalue weighted by Crippen LogP contribution is -2.35. The van der Waals surface area contributed by atoms with Crippen molar-refractivity contribution in [3.8, 4) is 0 Å². The molecule has 1 aliphatic rings. The molecule has 1 saturated heterocycles. The SMILES string of the molecule is O=C(COC(=O)CCc1ccc(S(=O)(=O)N2CCCCC2)cc1)Nc1cc(C(F)(F)F)ccc1Cl. The molecule has 0 bridgehead atoms. The quantitative estimate of drug-likeness (QED) is 0.500. The zero-order chi connectivity index (χ0) is 25.6. The number of esters is 1. The molecule has 0 spiro atoms. The molecule has 0 unspecified atom stereocenters. The zero-order valence-corrected chi connectivity index (χ0v) is 20.2. The standard InChI is InChI=1S/C23H24ClF3N2O5S/c24-19-10-7-17(23(25,26)27)14-20(19)28-21(30)15-34-22(31)11-6-16-4-8-18(9-5-16)35(32,33)29-12-2-1-3-13-29/h4-5,7-10,14H,1-3,6,11-13,15H2,(H,28,30). The van der Waals surface area contributed by atoms with Crippen molar-refractivity contribution >= 4 is 39.2 Å². The van der Waals surface area contributed by atoms with Gasteiger partial charge in [-0.3, -0.25) is 9.59 Å². The number of nitrogens with one attached hydrogen (secondary N) is 1. The molecule has 3 rings (SSSR count). The fourth-order valence-electron chi connectivity index (χ4n) is 3.53. The first kappa shape index (κ1) is 27.0. The Morgan fingerprint density at radius 3 is 2.31 bits per heavy atom. The maximum atomic E-state index is 12.8. The lowest BCUT2D eigenvalue weighted by atomic mass is 10.1. The van der Waals surface area contributed by atoms with Crippen LogP contribution in [0.15, 0.2) is 47.4 Å². The Morgan fingerprint density at radius 2 is 1.69 bits per heavy atom. The topological polar surface area (TPSA) is 92.8 Å². The number of rotatable bonds is 8. The number of ether oxygens (including phenoxy) is 1. The summed E-state index contributed by atoms with van der Waals surface area (Å²) in [5.74, 6) is -1.54. The zero-order valence-electron chi connectivity index (χ0n) is 18.6. The van der Waals surface area contributed by atoms with Gasteiger partial charge in [0.2, 0.25) is 10.0 Å². The number of piperidine rings is 1. The maximum absolute atomic E-state index is 12.8. The van der Waals surface area contributed by atoms with E-state index in [-0.39, 0.29) is 28.4 Å². The van der Waals surface area contributed by atoms with Gasteiger partial charge in [-0.2, -0.15) is 17.5 Å². The number of nitrogens with zero attached hydrogens (tertiary/aromatic N) is 1. The van der Waals surface area contributed by atoms with Gasteiger partial charge in [-0.1, -0.05) is 30.2 Å². The van der Waals surface area contributed by atoms with Crippen LogP contribution in [0, 0.1) is 0 Å². The molecule has 1 amide bonds. The van der Waals surface area contributed by atoms with Crippen molar-refractivity contribution in [1.82, 2.24) is 4.31 Å². The number of alkyl halides is 3. The number of halogens is 4. The summed E-state index contributed by atoms with van der Waals surface area (Å²) in [6.07, 6.45) is -1.73. The van der Waals surface area contributed by atoms with E-state index in [0.717, 1.165) is 31.4 Å². The van der Waals surface area contributed by atoms with E-state index in [2.05, 4.69) is 5.32 Å². The van der Waals surface area contributed by atoms with Gasteiger partial charge in [-0.05, 0) is 55.2 Å². The third-order valence-electron chi connectivity index (χ3n) is 5.43. The average Bonchev–Trinajstić information content (AvgIpc) is 2.83. The van der Waals surface area contributed by atoms with Crippen molar-refractivity contribution in [3.05, 3.63) is 58.6 Å². The molecule has 1 heterocycles.